The second kappa shape index (κ2) is 4.45. The Balaban J connectivity index is 2.16. The number of aromatic nitrogens is 1. The zero-order chi connectivity index (χ0) is 10.7. The van der Waals surface area contributed by atoms with Gasteiger partial charge >= 0.3 is 0 Å². The van der Waals surface area contributed by atoms with Crippen molar-refractivity contribution in [3.63, 3.8) is 0 Å². The van der Waals surface area contributed by atoms with Crippen LogP contribution in [0.25, 0.3) is 11.1 Å². The highest BCUT2D eigenvalue weighted by Gasteiger charge is 2.04. The molecule has 0 aliphatic rings. The number of hydrogen-bond donors (Lipinski definition) is 1. The van der Waals surface area contributed by atoms with E-state index in [1.807, 2.05) is 12.1 Å². The van der Waals surface area contributed by atoms with E-state index >= 15 is 0 Å². The van der Waals surface area contributed by atoms with Crippen LogP contribution in [0.2, 0.25) is 0 Å². The van der Waals surface area contributed by atoms with Gasteiger partial charge in [-0.05, 0) is 44.0 Å². The summed E-state index contributed by atoms with van der Waals surface area (Å²) in [6.07, 6.45) is 2.95. The van der Waals surface area contributed by atoms with E-state index < -0.39 is 0 Å². The molecule has 3 nitrogen and oxygen atoms in total. The van der Waals surface area contributed by atoms with E-state index in [2.05, 4.69) is 18.0 Å². The maximum atomic E-state index is 5.64. The molecule has 2 N–H and O–H groups in total. The molecule has 0 spiro atoms. The fourth-order valence-electron chi connectivity index (χ4n) is 1.61. The lowest BCUT2D eigenvalue weighted by atomic mass is 10.2. The van der Waals surface area contributed by atoms with Crippen molar-refractivity contribution < 1.29 is 4.42 Å². The van der Waals surface area contributed by atoms with E-state index in [1.165, 1.54) is 5.56 Å². The van der Waals surface area contributed by atoms with Gasteiger partial charge in [0.05, 0.1) is 0 Å². The van der Waals surface area contributed by atoms with Gasteiger partial charge in [-0.3, -0.25) is 0 Å². The number of fused-ring (bicyclic) bond motifs is 1. The Kier molecular flexibility index (Phi) is 3.02. The molecule has 0 bridgehead atoms. The first-order chi connectivity index (χ1) is 7.29. The van der Waals surface area contributed by atoms with Crippen LogP contribution in [-0.4, -0.2) is 11.5 Å². The first-order valence-corrected chi connectivity index (χ1v) is 5.36. The molecule has 0 radical (unpaired) electrons. The molecule has 0 aliphatic carbocycles. The zero-order valence-corrected chi connectivity index (χ0v) is 8.99. The van der Waals surface area contributed by atoms with Crippen LogP contribution in [0.5, 0.6) is 0 Å². The molecule has 3 heteroatoms. The summed E-state index contributed by atoms with van der Waals surface area (Å²) < 4.78 is 5.64. The van der Waals surface area contributed by atoms with Crippen LogP contribution < -0.4 is 5.73 Å². The van der Waals surface area contributed by atoms with Crippen molar-refractivity contribution >= 4 is 11.1 Å². The van der Waals surface area contributed by atoms with E-state index in [0.29, 0.717) is 0 Å². The molecule has 15 heavy (non-hydrogen) atoms. The molecule has 0 fully saturated rings. The third-order valence-corrected chi connectivity index (χ3v) is 2.43. The summed E-state index contributed by atoms with van der Waals surface area (Å²) in [5.74, 6) is 0.823. The second-order valence-corrected chi connectivity index (χ2v) is 3.82. The van der Waals surface area contributed by atoms with Crippen molar-refractivity contribution in [2.75, 3.05) is 6.54 Å². The van der Waals surface area contributed by atoms with Gasteiger partial charge in [0.2, 0.25) is 0 Å². The highest BCUT2D eigenvalue weighted by Crippen LogP contribution is 2.17. The van der Waals surface area contributed by atoms with Crippen LogP contribution >= 0.6 is 0 Å². The molecular weight excluding hydrogens is 188 g/mol. The first kappa shape index (κ1) is 10.2. The molecular formula is C12H16N2O. The molecule has 0 atom stereocenters. The summed E-state index contributed by atoms with van der Waals surface area (Å²) in [4.78, 5) is 4.42. The van der Waals surface area contributed by atoms with Crippen molar-refractivity contribution in [1.29, 1.82) is 0 Å². The van der Waals surface area contributed by atoms with Gasteiger partial charge in [-0.2, -0.15) is 0 Å². The first-order valence-electron chi connectivity index (χ1n) is 5.36. The Labute approximate surface area is 89.3 Å². The normalized spacial score (nSPS) is 11.1. The average Bonchev–Trinajstić information content (AvgIpc) is 2.60. The fourth-order valence-corrected chi connectivity index (χ4v) is 1.61. The minimum atomic E-state index is 0.735. The van der Waals surface area contributed by atoms with Crippen LogP contribution in [0.4, 0.5) is 0 Å². The third kappa shape index (κ3) is 2.36. The summed E-state index contributed by atoms with van der Waals surface area (Å²) in [5.41, 5.74) is 8.47. The van der Waals surface area contributed by atoms with Crippen molar-refractivity contribution in [2.45, 2.75) is 26.2 Å². The van der Waals surface area contributed by atoms with E-state index in [0.717, 1.165) is 42.8 Å². The molecule has 0 unspecified atom stereocenters. The highest BCUT2D eigenvalue weighted by molar-refractivity contribution is 5.73. The third-order valence-electron chi connectivity index (χ3n) is 2.43. The maximum absolute atomic E-state index is 5.64. The molecule has 1 aromatic carbocycles. The molecule has 1 aromatic heterocycles. The molecule has 0 aliphatic heterocycles. The zero-order valence-electron chi connectivity index (χ0n) is 8.99. The summed E-state index contributed by atoms with van der Waals surface area (Å²) in [6, 6.07) is 6.07. The standard InChI is InChI=1S/C12H16N2O/c1-9-5-6-10-11(8-9)15-12(14-10)4-2-3-7-13/h5-6,8H,2-4,7,13H2,1H3. The van der Waals surface area contributed by atoms with E-state index in [9.17, 15) is 0 Å². The topological polar surface area (TPSA) is 52.0 Å². The number of hydrogen-bond acceptors (Lipinski definition) is 3. The van der Waals surface area contributed by atoms with Gasteiger partial charge in [0.25, 0.3) is 0 Å². The Bertz CT molecular complexity index is 448. The largest absolute Gasteiger partial charge is 0.441 e. The highest BCUT2D eigenvalue weighted by atomic mass is 16.3. The number of nitrogens with two attached hydrogens (primary N) is 1. The SMILES string of the molecule is Cc1ccc2nc(CCCCN)oc2c1. The molecule has 0 saturated heterocycles. The number of aryl methyl sites for hydroxylation is 2. The monoisotopic (exact) mass is 204 g/mol. The number of oxazole rings is 1. The van der Waals surface area contributed by atoms with E-state index in [1.54, 1.807) is 0 Å². The average molecular weight is 204 g/mol. The number of unbranched alkanes of at least 4 members (excludes halogenated alkanes) is 1. The second-order valence-electron chi connectivity index (χ2n) is 3.82. The Morgan fingerprint density at radius 2 is 2.20 bits per heavy atom. The number of rotatable bonds is 4. The molecule has 0 saturated carbocycles. The van der Waals surface area contributed by atoms with Gasteiger partial charge in [-0.25, -0.2) is 4.98 Å². The predicted molar refractivity (Wildman–Crippen MR) is 60.7 cm³/mol. The van der Waals surface area contributed by atoms with Crippen molar-refractivity contribution in [3.8, 4) is 0 Å². The van der Waals surface area contributed by atoms with E-state index in [4.69, 9.17) is 10.2 Å². The lowest BCUT2D eigenvalue weighted by Crippen LogP contribution is -1.98. The lowest BCUT2D eigenvalue weighted by molar-refractivity contribution is 0.515. The molecule has 2 rings (SSSR count). The van der Waals surface area contributed by atoms with Gasteiger partial charge in [0.1, 0.15) is 5.52 Å². The minimum Gasteiger partial charge on any atom is -0.441 e. The lowest BCUT2D eigenvalue weighted by Gasteiger charge is -1.92. The Hall–Kier alpha value is -1.35. The van der Waals surface area contributed by atoms with Crippen LogP contribution in [-0.2, 0) is 6.42 Å². The van der Waals surface area contributed by atoms with Gasteiger partial charge in [-0.15, -0.1) is 0 Å². The van der Waals surface area contributed by atoms with Gasteiger partial charge in [0, 0.05) is 6.42 Å². The summed E-state index contributed by atoms with van der Waals surface area (Å²) >= 11 is 0. The van der Waals surface area contributed by atoms with Crippen LogP contribution in [0.1, 0.15) is 24.3 Å². The molecule has 0 amide bonds. The predicted octanol–water partition coefficient (Wildman–Crippen LogP) is 2.42. The molecule has 80 valence electrons. The fraction of sp³-hybridized carbons (Fsp3) is 0.417. The minimum absolute atomic E-state index is 0.735. The van der Waals surface area contributed by atoms with Gasteiger partial charge in [0.15, 0.2) is 11.5 Å². The van der Waals surface area contributed by atoms with Crippen LogP contribution in [0, 0.1) is 6.92 Å². The van der Waals surface area contributed by atoms with Crippen LogP contribution in [0.15, 0.2) is 22.6 Å². The quantitative estimate of drug-likeness (QED) is 0.778. The Morgan fingerprint density at radius 1 is 1.33 bits per heavy atom. The summed E-state index contributed by atoms with van der Waals surface area (Å²) in [7, 11) is 0. The Morgan fingerprint density at radius 3 is 3.00 bits per heavy atom. The van der Waals surface area contributed by atoms with Crippen molar-refractivity contribution in [2.24, 2.45) is 5.73 Å². The van der Waals surface area contributed by atoms with Crippen molar-refractivity contribution in [1.82, 2.24) is 4.98 Å². The smallest absolute Gasteiger partial charge is 0.195 e. The molecule has 1 heterocycles. The van der Waals surface area contributed by atoms with Crippen molar-refractivity contribution in [3.05, 3.63) is 29.7 Å². The number of nitrogens with zero attached hydrogens (tertiary/aromatic N) is 1. The van der Waals surface area contributed by atoms with Crippen LogP contribution in [0.3, 0.4) is 0 Å². The van der Waals surface area contributed by atoms with Gasteiger partial charge in [-0.1, -0.05) is 6.07 Å². The summed E-state index contributed by atoms with van der Waals surface area (Å²) in [5, 5.41) is 0. The molecule has 2 aromatic rings. The van der Waals surface area contributed by atoms with E-state index in [-0.39, 0.29) is 0 Å². The number of benzene rings is 1. The maximum Gasteiger partial charge on any atom is 0.195 e. The summed E-state index contributed by atoms with van der Waals surface area (Å²) in [6.45, 7) is 2.79. The van der Waals surface area contributed by atoms with Gasteiger partial charge < -0.3 is 10.2 Å².